The number of nitrogens with zero attached hydrogens (tertiary/aromatic N) is 4. The maximum Gasteiger partial charge on any atom is 0.140 e. The van der Waals surface area contributed by atoms with Gasteiger partial charge in [-0.05, 0) is 61.7 Å². The fourth-order valence-corrected chi connectivity index (χ4v) is 5.23. The molecule has 2 aliphatic heterocycles. The third-order valence-electron chi connectivity index (χ3n) is 6.49. The van der Waals surface area contributed by atoms with E-state index in [1.807, 2.05) is 6.20 Å². The highest BCUT2D eigenvalue weighted by atomic mass is 32.1. The van der Waals surface area contributed by atoms with Crippen molar-refractivity contribution in [2.75, 3.05) is 39.8 Å². The molecule has 0 unspecified atom stereocenters. The predicted molar refractivity (Wildman–Crippen MR) is 131 cm³/mol. The highest BCUT2D eigenvalue weighted by molar-refractivity contribution is 7.11. The van der Waals surface area contributed by atoms with Crippen LogP contribution in [-0.4, -0.2) is 59.5 Å². The number of rotatable bonds is 6. The molecule has 0 N–H and O–H groups in total. The van der Waals surface area contributed by atoms with Crippen molar-refractivity contribution in [3.63, 3.8) is 0 Å². The normalized spacial score (nSPS) is 19.5. The van der Waals surface area contributed by atoms with Crippen molar-refractivity contribution in [1.82, 2.24) is 19.7 Å². The number of fused-ring (bicyclic) bond motifs is 1. The van der Waals surface area contributed by atoms with Crippen LogP contribution in [-0.2, 0) is 24.3 Å². The minimum absolute atomic E-state index is 0.543. The van der Waals surface area contributed by atoms with Gasteiger partial charge >= 0.3 is 0 Å². The Hall–Kier alpha value is -2.41. The summed E-state index contributed by atoms with van der Waals surface area (Å²) in [7, 11) is 2.21. The number of thiazole rings is 1. The minimum Gasteiger partial charge on any atom is -0.487 e. The number of ether oxygens (including phenoxy) is 1. The molecule has 1 aliphatic carbocycles. The van der Waals surface area contributed by atoms with E-state index in [0.717, 1.165) is 36.7 Å². The van der Waals surface area contributed by atoms with Gasteiger partial charge in [-0.25, -0.2) is 4.98 Å². The van der Waals surface area contributed by atoms with Crippen LogP contribution in [0.25, 0.3) is 6.08 Å². The number of likely N-dealkylation sites (N-methyl/N-ethyl adjacent to an activating group) is 1. The molecule has 5 rings (SSSR count). The molecule has 6 heteroatoms. The zero-order chi connectivity index (χ0) is 21.9. The van der Waals surface area contributed by atoms with Crippen LogP contribution >= 0.6 is 11.3 Å². The van der Waals surface area contributed by atoms with Gasteiger partial charge in [-0.15, -0.1) is 11.3 Å². The summed E-state index contributed by atoms with van der Waals surface area (Å²) in [5, 5.41) is 1.03. The van der Waals surface area contributed by atoms with Gasteiger partial charge < -0.3 is 14.5 Å². The van der Waals surface area contributed by atoms with Crippen LogP contribution in [0.4, 0.5) is 0 Å². The summed E-state index contributed by atoms with van der Waals surface area (Å²) in [6, 6.07) is 7.06. The Kier molecular flexibility index (Phi) is 6.44. The fourth-order valence-electron chi connectivity index (χ4n) is 4.53. The van der Waals surface area contributed by atoms with Gasteiger partial charge in [-0.3, -0.25) is 4.90 Å². The predicted octanol–water partition coefficient (Wildman–Crippen LogP) is 4.42. The molecule has 1 fully saturated rings. The lowest BCUT2D eigenvalue weighted by atomic mass is 9.93. The Balaban J connectivity index is 1.17. The molecule has 32 heavy (non-hydrogen) atoms. The lowest BCUT2D eigenvalue weighted by Gasteiger charge is -2.32. The van der Waals surface area contributed by atoms with Gasteiger partial charge in [0, 0.05) is 62.2 Å². The molecule has 0 radical (unpaired) electrons. The molecule has 3 heterocycles. The van der Waals surface area contributed by atoms with Crippen molar-refractivity contribution in [1.29, 1.82) is 0 Å². The van der Waals surface area contributed by atoms with E-state index in [4.69, 9.17) is 4.74 Å². The summed E-state index contributed by atoms with van der Waals surface area (Å²) < 4.78 is 5.93. The molecule has 0 saturated carbocycles. The van der Waals surface area contributed by atoms with Gasteiger partial charge in [0.1, 0.15) is 17.4 Å². The molecule has 0 atom stereocenters. The Morgan fingerprint density at radius 1 is 1.12 bits per heavy atom. The first-order valence-corrected chi connectivity index (χ1v) is 12.4. The van der Waals surface area contributed by atoms with E-state index < -0.39 is 0 Å². The molecule has 1 aromatic heterocycles. The molecule has 5 nitrogen and oxygen atoms in total. The lowest BCUT2D eigenvalue weighted by molar-refractivity contribution is 0.148. The van der Waals surface area contributed by atoms with E-state index >= 15 is 0 Å². The third kappa shape index (κ3) is 5.14. The van der Waals surface area contributed by atoms with Gasteiger partial charge in [0.2, 0.25) is 0 Å². The zero-order valence-corrected chi connectivity index (χ0v) is 19.9. The van der Waals surface area contributed by atoms with Crippen LogP contribution in [0.5, 0.6) is 0 Å². The maximum absolute atomic E-state index is 5.93. The molecule has 168 valence electrons. The Morgan fingerprint density at radius 2 is 2.00 bits per heavy atom. The summed E-state index contributed by atoms with van der Waals surface area (Å²) in [6.45, 7) is 9.22. The van der Waals surface area contributed by atoms with Gasteiger partial charge in [-0.2, -0.15) is 0 Å². The number of allylic oxidation sites excluding steroid dienone is 2. The van der Waals surface area contributed by atoms with Crippen LogP contribution in [0.15, 0.2) is 54.2 Å². The quantitative estimate of drug-likeness (QED) is 0.653. The van der Waals surface area contributed by atoms with Crippen molar-refractivity contribution in [3.8, 4) is 0 Å². The van der Waals surface area contributed by atoms with Crippen LogP contribution in [0.2, 0.25) is 0 Å². The molecular weight excluding hydrogens is 416 g/mol. The van der Waals surface area contributed by atoms with E-state index in [0.29, 0.717) is 6.61 Å². The molecule has 0 spiro atoms. The summed E-state index contributed by atoms with van der Waals surface area (Å²) in [4.78, 5) is 12.9. The van der Waals surface area contributed by atoms with E-state index in [2.05, 4.69) is 76.3 Å². The van der Waals surface area contributed by atoms with Gasteiger partial charge in [-0.1, -0.05) is 18.2 Å². The largest absolute Gasteiger partial charge is 0.487 e. The van der Waals surface area contributed by atoms with Crippen LogP contribution in [0, 0.1) is 6.92 Å². The number of aryl methyl sites for hydroxylation is 2. The summed E-state index contributed by atoms with van der Waals surface area (Å²) in [6.07, 6.45) is 12.8. The van der Waals surface area contributed by atoms with E-state index in [1.54, 1.807) is 11.3 Å². The maximum atomic E-state index is 5.93. The number of piperazine rings is 1. The number of aromatic nitrogens is 1. The average Bonchev–Trinajstić information content (AvgIpc) is 3.24. The SMILES string of the molecule is Cc1cnc(COC2=CCN(C3=Cc4ccc(CN5CCN(C)CC5)cc4CC3)C=C2)s1. The van der Waals surface area contributed by atoms with Gasteiger partial charge in [0.05, 0.1) is 0 Å². The monoisotopic (exact) mass is 448 g/mol. The third-order valence-corrected chi connectivity index (χ3v) is 7.38. The topological polar surface area (TPSA) is 31.8 Å². The second kappa shape index (κ2) is 9.61. The molecule has 0 amide bonds. The summed E-state index contributed by atoms with van der Waals surface area (Å²) in [5.74, 6) is 0.930. The van der Waals surface area contributed by atoms with E-state index in [-0.39, 0.29) is 0 Å². The second-order valence-electron chi connectivity index (χ2n) is 8.98. The molecule has 1 aromatic carbocycles. The Bertz CT molecular complexity index is 1050. The number of benzene rings is 1. The van der Waals surface area contributed by atoms with Crippen molar-refractivity contribution in [3.05, 3.63) is 80.8 Å². The summed E-state index contributed by atoms with van der Waals surface area (Å²) >= 11 is 1.69. The van der Waals surface area contributed by atoms with Crippen molar-refractivity contribution in [2.45, 2.75) is 32.9 Å². The molecule has 0 bridgehead atoms. The van der Waals surface area contributed by atoms with Gasteiger partial charge in [0.15, 0.2) is 0 Å². The smallest absolute Gasteiger partial charge is 0.140 e. The van der Waals surface area contributed by atoms with E-state index in [1.165, 1.54) is 53.4 Å². The Labute approximate surface area is 195 Å². The van der Waals surface area contributed by atoms with E-state index in [9.17, 15) is 0 Å². The van der Waals surface area contributed by atoms with Crippen molar-refractivity contribution >= 4 is 17.4 Å². The molecular formula is C26H32N4OS. The van der Waals surface area contributed by atoms with Crippen LogP contribution < -0.4 is 0 Å². The van der Waals surface area contributed by atoms with Crippen LogP contribution in [0.3, 0.4) is 0 Å². The molecule has 2 aromatic rings. The Morgan fingerprint density at radius 3 is 2.75 bits per heavy atom. The summed E-state index contributed by atoms with van der Waals surface area (Å²) in [5.41, 5.74) is 5.68. The zero-order valence-electron chi connectivity index (χ0n) is 19.1. The molecule has 1 saturated heterocycles. The van der Waals surface area contributed by atoms with Crippen molar-refractivity contribution in [2.24, 2.45) is 0 Å². The van der Waals surface area contributed by atoms with Crippen LogP contribution in [0.1, 0.15) is 33.0 Å². The average molecular weight is 449 g/mol. The lowest BCUT2D eigenvalue weighted by Crippen LogP contribution is -2.43. The van der Waals surface area contributed by atoms with Crippen molar-refractivity contribution < 1.29 is 4.74 Å². The minimum atomic E-state index is 0.543. The molecule has 3 aliphatic rings. The first-order chi connectivity index (χ1) is 15.6. The fraction of sp³-hybridized carbons (Fsp3) is 0.423. The second-order valence-corrected chi connectivity index (χ2v) is 10.3. The highest BCUT2D eigenvalue weighted by Crippen LogP contribution is 2.29. The first-order valence-electron chi connectivity index (χ1n) is 11.5. The number of hydrogen-bond donors (Lipinski definition) is 0. The van der Waals surface area contributed by atoms with Gasteiger partial charge in [0.25, 0.3) is 0 Å². The first kappa shape index (κ1) is 21.4. The standard InChI is InChI=1S/C26H32N4OS/c1-20-17-27-26(32-20)19-31-25-7-9-30(10-8-25)24-6-5-22-15-21(3-4-23(22)16-24)18-29-13-11-28(2)12-14-29/h3-4,7-9,15-17H,5-6,10-14,18-19H2,1-2H3. The number of hydrogen-bond acceptors (Lipinski definition) is 6. The highest BCUT2D eigenvalue weighted by Gasteiger charge is 2.18.